The third kappa shape index (κ3) is 3.00. The number of carboxylic acids is 1. The van der Waals surface area contributed by atoms with E-state index in [1.54, 1.807) is 30.0 Å². The van der Waals surface area contributed by atoms with Gasteiger partial charge in [-0.1, -0.05) is 0 Å². The van der Waals surface area contributed by atoms with Crippen LogP contribution < -0.4 is 9.47 Å². The number of ether oxygens (including phenoxy) is 2. The Labute approximate surface area is 129 Å². The molecule has 1 heterocycles. The number of carboxylic acid groups (broad SMARTS) is 1. The van der Waals surface area contributed by atoms with Crippen molar-refractivity contribution >= 4 is 11.9 Å². The van der Waals surface area contributed by atoms with Crippen molar-refractivity contribution in [1.82, 2.24) is 4.90 Å². The van der Waals surface area contributed by atoms with Crippen molar-refractivity contribution < 1.29 is 24.2 Å². The lowest BCUT2D eigenvalue weighted by Crippen LogP contribution is -2.48. The van der Waals surface area contributed by atoms with Gasteiger partial charge in [-0.25, -0.2) is 0 Å². The summed E-state index contributed by atoms with van der Waals surface area (Å²) in [7, 11) is 3.04. The van der Waals surface area contributed by atoms with Gasteiger partial charge < -0.3 is 19.5 Å². The van der Waals surface area contributed by atoms with Crippen LogP contribution >= 0.6 is 0 Å². The molecule has 1 atom stereocenters. The van der Waals surface area contributed by atoms with E-state index in [1.165, 1.54) is 14.2 Å². The van der Waals surface area contributed by atoms with E-state index in [0.717, 1.165) is 0 Å². The van der Waals surface area contributed by atoms with Crippen LogP contribution in [0.4, 0.5) is 0 Å². The second-order valence-electron chi connectivity index (χ2n) is 5.77. The van der Waals surface area contributed by atoms with E-state index in [2.05, 4.69) is 0 Å². The van der Waals surface area contributed by atoms with Gasteiger partial charge in [0, 0.05) is 18.7 Å². The molecule has 1 saturated heterocycles. The number of carbonyl (C=O) groups excluding carboxylic acids is 1. The Morgan fingerprint density at radius 3 is 2.50 bits per heavy atom. The van der Waals surface area contributed by atoms with Gasteiger partial charge in [-0.3, -0.25) is 9.59 Å². The summed E-state index contributed by atoms with van der Waals surface area (Å²) in [5, 5.41) is 9.34. The normalized spacial score (nSPS) is 21.3. The van der Waals surface area contributed by atoms with Gasteiger partial charge in [0.05, 0.1) is 19.6 Å². The predicted octanol–water partition coefficient (Wildman–Crippen LogP) is 2.03. The van der Waals surface area contributed by atoms with E-state index in [-0.39, 0.29) is 12.5 Å². The Kier molecular flexibility index (Phi) is 4.59. The molecule has 2 rings (SSSR count). The molecule has 0 spiro atoms. The third-order valence-corrected chi connectivity index (χ3v) is 4.13. The molecule has 1 amide bonds. The van der Waals surface area contributed by atoms with Crippen LogP contribution in [-0.4, -0.2) is 49.2 Å². The molecule has 0 saturated carbocycles. The highest BCUT2D eigenvalue weighted by Crippen LogP contribution is 2.32. The summed E-state index contributed by atoms with van der Waals surface area (Å²) in [5.74, 6) is -0.0233. The molecule has 1 aromatic carbocycles. The van der Waals surface area contributed by atoms with E-state index in [9.17, 15) is 14.7 Å². The number of amides is 1. The number of carbonyl (C=O) groups is 2. The molecule has 1 aliphatic rings. The zero-order valence-corrected chi connectivity index (χ0v) is 13.1. The highest BCUT2D eigenvalue weighted by atomic mass is 16.5. The van der Waals surface area contributed by atoms with Gasteiger partial charge >= 0.3 is 5.97 Å². The summed E-state index contributed by atoms with van der Waals surface area (Å²) in [4.78, 5) is 25.6. The second kappa shape index (κ2) is 6.25. The Hall–Kier alpha value is -2.24. The fraction of sp³-hybridized carbons (Fsp3) is 0.500. The lowest BCUT2D eigenvalue weighted by atomic mass is 9.82. The van der Waals surface area contributed by atoms with Gasteiger partial charge in [0.25, 0.3) is 5.91 Å². The lowest BCUT2D eigenvalue weighted by molar-refractivity contribution is -0.150. The standard InChI is InChI=1S/C16H21NO5/c1-16(15(19)20)7-4-8-17(10-16)14(18)11-5-6-12(21-2)13(9-11)22-3/h5-6,9H,4,7-8,10H2,1-3H3,(H,19,20). The third-order valence-electron chi connectivity index (χ3n) is 4.13. The Morgan fingerprint density at radius 1 is 1.23 bits per heavy atom. The van der Waals surface area contributed by atoms with E-state index in [1.807, 2.05) is 0 Å². The molecule has 1 aromatic rings. The largest absolute Gasteiger partial charge is 0.493 e. The highest BCUT2D eigenvalue weighted by Gasteiger charge is 2.39. The molecule has 1 unspecified atom stereocenters. The number of nitrogens with zero attached hydrogens (tertiary/aromatic N) is 1. The van der Waals surface area contributed by atoms with Crippen molar-refractivity contribution in [3.63, 3.8) is 0 Å². The van der Waals surface area contributed by atoms with Crippen molar-refractivity contribution in [2.75, 3.05) is 27.3 Å². The maximum absolute atomic E-state index is 12.6. The molecule has 1 aliphatic heterocycles. The topological polar surface area (TPSA) is 76.1 Å². The SMILES string of the molecule is COc1ccc(C(=O)N2CCCC(C)(C(=O)O)C2)cc1OC. The maximum atomic E-state index is 12.6. The zero-order chi connectivity index (χ0) is 16.3. The number of aliphatic carboxylic acids is 1. The first-order valence-corrected chi connectivity index (χ1v) is 7.16. The van der Waals surface area contributed by atoms with Crippen LogP contribution in [0.1, 0.15) is 30.1 Å². The minimum absolute atomic E-state index is 0.187. The van der Waals surface area contributed by atoms with Crippen molar-refractivity contribution in [2.45, 2.75) is 19.8 Å². The number of hydrogen-bond donors (Lipinski definition) is 1. The van der Waals surface area contributed by atoms with E-state index >= 15 is 0 Å². The van der Waals surface area contributed by atoms with Crippen LogP contribution in [0, 0.1) is 5.41 Å². The van der Waals surface area contributed by atoms with Crippen LogP contribution in [0.15, 0.2) is 18.2 Å². The molecule has 6 heteroatoms. The summed E-state index contributed by atoms with van der Waals surface area (Å²) in [6, 6.07) is 4.96. The molecule has 0 aliphatic carbocycles. The van der Waals surface area contributed by atoms with Gasteiger partial charge in [0.1, 0.15) is 0 Å². The first kappa shape index (κ1) is 16.1. The Balaban J connectivity index is 2.22. The van der Waals surface area contributed by atoms with Crippen molar-refractivity contribution in [1.29, 1.82) is 0 Å². The van der Waals surface area contributed by atoms with Crippen LogP contribution in [-0.2, 0) is 4.79 Å². The molecule has 0 bridgehead atoms. The number of rotatable bonds is 4. The molecule has 1 N–H and O–H groups in total. The van der Waals surface area contributed by atoms with Crippen molar-refractivity contribution in [3.8, 4) is 11.5 Å². The molecule has 0 radical (unpaired) electrons. The first-order valence-electron chi connectivity index (χ1n) is 7.16. The van der Waals surface area contributed by atoms with Crippen LogP contribution in [0.5, 0.6) is 11.5 Å². The second-order valence-corrected chi connectivity index (χ2v) is 5.77. The van der Waals surface area contributed by atoms with Crippen molar-refractivity contribution in [2.24, 2.45) is 5.41 Å². The minimum atomic E-state index is -0.884. The van der Waals surface area contributed by atoms with E-state index in [0.29, 0.717) is 36.4 Å². The summed E-state index contributed by atoms with van der Waals surface area (Å²) in [5.41, 5.74) is -0.419. The number of benzene rings is 1. The Morgan fingerprint density at radius 2 is 1.91 bits per heavy atom. The number of piperidine rings is 1. The van der Waals surface area contributed by atoms with Gasteiger partial charge in [-0.15, -0.1) is 0 Å². The Bertz CT molecular complexity index is 586. The average molecular weight is 307 g/mol. The van der Waals surface area contributed by atoms with Crippen LogP contribution in [0.2, 0.25) is 0 Å². The monoisotopic (exact) mass is 307 g/mol. The van der Waals surface area contributed by atoms with Gasteiger partial charge in [0.15, 0.2) is 11.5 Å². The van der Waals surface area contributed by atoms with Gasteiger partial charge in [0.2, 0.25) is 0 Å². The number of hydrogen-bond acceptors (Lipinski definition) is 4. The van der Waals surface area contributed by atoms with Crippen molar-refractivity contribution in [3.05, 3.63) is 23.8 Å². The van der Waals surface area contributed by atoms with Gasteiger partial charge in [-0.2, -0.15) is 0 Å². The smallest absolute Gasteiger partial charge is 0.311 e. The summed E-state index contributed by atoms with van der Waals surface area (Å²) < 4.78 is 10.4. The molecule has 1 fully saturated rings. The summed E-state index contributed by atoms with van der Waals surface area (Å²) in [6.07, 6.45) is 1.26. The van der Waals surface area contributed by atoms with Crippen LogP contribution in [0.3, 0.4) is 0 Å². The maximum Gasteiger partial charge on any atom is 0.311 e. The minimum Gasteiger partial charge on any atom is -0.493 e. The quantitative estimate of drug-likeness (QED) is 0.921. The summed E-state index contributed by atoms with van der Waals surface area (Å²) in [6.45, 7) is 2.47. The molecule has 6 nitrogen and oxygen atoms in total. The van der Waals surface area contributed by atoms with Crippen LogP contribution in [0.25, 0.3) is 0 Å². The fourth-order valence-electron chi connectivity index (χ4n) is 2.74. The number of likely N-dealkylation sites (tertiary alicyclic amines) is 1. The summed E-state index contributed by atoms with van der Waals surface area (Å²) >= 11 is 0. The lowest BCUT2D eigenvalue weighted by Gasteiger charge is -2.37. The molecule has 120 valence electrons. The molecular weight excluding hydrogens is 286 g/mol. The molecule has 0 aromatic heterocycles. The predicted molar refractivity (Wildman–Crippen MR) is 80.4 cm³/mol. The first-order chi connectivity index (χ1) is 10.4. The zero-order valence-electron chi connectivity index (χ0n) is 13.1. The van der Waals surface area contributed by atoms with E-state index < -0.39 is 11.4 Å². The van der Waals surface area contributed by atoms with E-state index in [4.69, 9.17) is 9.47 Å². The molecular formula is C16H21NO5. The number of methoxy groups -OCH3 is 2. The van der Waals surface area contributed by atoms with Gasteiger partial charge in [-0.05, 0) is 38.0 Å². The average Bonchev–Trinajstić information content (AvgIpc) is 2.53. The fourth-order valence-corrected chi connectivity index (χ4v) is 2.74. The molecule has 22 heavy (non-hydrogen) atoms. The highest BCUT2D eigenvalue weighted by molar-refractivity contribution is 5.95.